The highest BCUT2D eigenvalue weighted by atomic mass is 32.2. The average molecular weight is 388 g/mol. The Morgan fingerprint density at radius 3 is 2.88 bits per heavy atom. The van der Waals surface area contributed by atoms with Crippen LogP contribution in [-0.2, 0) is 22.6 Å². The number of ether oxygens (including phenoxy) is 1. The summed E-state index contributed by atoms with van der Waals surface area (Å²) >= 11 is 6.77. The van der Waals surface area contributed by atoms with Crippen LogP contribution in [0.5, 0.6) is 0 Å². The molecule has 3 heterocycles. The summed E-state index contributed by atoms with van der Waals surface area (Å²) in [6, 6.07) is 5.90. The Balaban J connectivity index is 1.82. The molecule has 1 saturated heterocycles. The molecule has 0 unspecified atom stereocenters. The molecule has 2 aromatic rings. The van der Waals surface area contributed by atoms with Gasteiger partial charge in [-0.15, -0.1) is 0 Å². The Labute approximate surface area is 163 Å². The van der Waals surface area contributed by atoms with Crippen LogP contribution in [0, 0.1) is 13.8 Å². The number of aromatic nitrogens is 2. The quantitative estimate of drug-likeness (QED) is 0.560. The van der Waals surface area contributed by atoms with E-state index < -0.39 is 0 Å². The molecule has 1 aliphatic rings. The number of rotatable bonds is 6. The van der Waals surface area contributed by atoms with Gasteiger partial charge < -0.3 is 9.30 Å². The average Bonchev–Trinajstić information content (AvgIpc) is 3.04. The van der Waals surface area contributed by atoms with Gasteiger partial charge >= 0.3 is 0 Å². The monoisotopic (exact) mass is 387 g/mol. The summed E-state index contributed by atoms with van der Waals surface area (Å²) in [5.74, 6) is -0.0504. The third kappa shape index (κ3) is 3.90. The van der Waals surface area contributed by atoms with Crippen molar-refractivity contribution in [3.63, 3.8) is 0 Å². The number of methoxy groups -OCH3 is 1. The summed E-state index contributed by atoms with van der Waals surface area (Å²) in [6.07, 6.45) is 5.41. The zero-order chi connectivity index (χ0) is 18.7. The number of carbonyl (C=O) groups is 1. The van der Waals surface area contributed by atoms with E-state index in [9.17, 15) is 4.79 Å². The number of hydrogen-bond acceptors (Lipinski definition) is 5. The first-order valence-corrected chi connectivity index (χ1v) is 9.53. The van der Waals surface area contributed by atoms with Crippen molar-refractivity contribution in [1.29, 1.82) is 0 Å². The number of amides is 1. The molecule has 7 heteroatoms. The highest BCUT2D eigenvalue weighted by molar-refractivity contribution is 8.26. The van der Waals surface area contributed by atoms with Crippen LogP contribution in [0.1, 0.15) is 22.5 Å². The van der Waals surface area contributed by atoms with Crippen molar-refractivity contribution in [3.05, 3.63) is 58.0 Å². The third-order valence-corrected chi connectivity index (χ3v) is 5.73. The van der Waals surface area contributed by atoms with Crippen LogP contribution in [0.3, 0.4) is 0 Å². The molecule has 0 atom stereocenters. The molecule has 1 fully saturated rings. The summed E-state index contributed by atoms with van der Waals surface area (Å²) < 4.78 is 7.96. The van der Waals surface area contributed by atoms with Crippen molar-refractivity contribution in [2.45, 2.75) is 26.9 Å². The van der Waals surface area contributed by atoms with Crippen LogP contribution < -0.4 is 0 Å². The Kier molecular flexibility index (Phi) is 5.90. The number of thioether (sulfide) groups is 1. The standard InChI is InChI=1S/C19H21N3O2S2/c1-13-9-16(14(2)21(13)7-8-24-3)10-17-18(23)22(19(25)26-17)12-15-5-4-6-20-11-15/h4-6,9-11H,7-8,12H2,1-3H3/b17-10-. The van der Waals surface area contributed by atoms with E-state index in [1.54, 1.807) is 24.4 Å². The lowest BCUT2D eigenvalue weighted by Gasteiger charge is -2.13. The smallest absolute Gasteiger partial charge is 0.266 e. The first kappa shape index (κ1) is 18.8. The van der Waals surface area contributed by atoms with E-state index in [4.69, 9.17) is 17.0 Å². The molecular weight excluding hydrogens is 366 g/mol. The Morgan fingerprint density at radius 2 is 2.19 bits per heavy atom. The summed E-state index contributed by atoms with van der Waals surface area (Å²) in [5.41, 5.74) is 4.27. The van der Waals surface area contributed by atoms with Gasteiger partial charge in [0, 0.05) is 37.4 Å². The molecule has 2 aromatic heterocycles. The van der Waals surface area contributed by atoms with Crippen LogP contribution >= 0.6 is 24.0 Å². The van der Waals surface area contributed by atoms with E-state index in [1.165, 1.54) is 11.8 Å². The Morgan fingerprint density at radius 1 is 1.38 bits per heavy atom. The lowest BCUT2D eigenvalue weighted by Crippen LogP contribution is -2.27. The molecule has 1 aliphatic heterocycles. The molecular formula is C19H21N3O2S2. The predicted octanol–water partition coefficient (Wildman–Crippen LogP) is 3.55. The summed E-state index contributed by atoms with van der Waals surface area (Å²) in [5, 5.41) is 0. The van der Waals surface area contributed by atoms with Gasteiger partial charge in [-0.1, -0.05) is 30.0 Å². The number of thiocarbonyl (C=S) groups is 1. The zero-order valence-electron chi connectivity index (χ0n) is 15.1. The second-order valence-corrected chi connectivity index (χ2v) is 7.78. The molecule has 0 radical (unpaired) electrons. The molecule has 0 bridgehead atoms. The molecule has 136 valence electrons. The van der Waals surface area contributed by atoms with Crippen molar-refractivity contribution < 1.29 is 9.53 Å². The SMILES string of the molecule is COCCn1c(C)cc(/C=C2\SC(=S)N(Cc3cccnc3)C2=O)c1C. The molecule has 26 heavy (non-hydrogen) atoms. The van der Waals surface area contributed by atoms with E-state index in [0.717, 1.165) is 29.1 Å². The van der Waals surface area contributed by atoms with E-state index in [2.05, 4.69) is 29.5 Å². The van der Waals surface area contributed by atoms with Gasteiger partial charge in [-0.2, -0.15) is 0 Å². The van der Waals surface area contributed by atoms with Crippen molar-refractivity contribution in [1.82, 2.24) is 14.5 Å². The molecule has 0 N–H and O–H groups in total. The molecule has 1 amide bonds. The molecule has 5 nitrogen and oxygen atoms in total. The Bertz CT molecular complexity index is 859. The fourth-order valence-corrected chi connectivity index (χ4v) is 4.20. The number of hydrogen-bond donors (Lipinski definition) is 0. The minimum absolute atomic E-state index is 0.0504. The van der Waals surface area contributed by atoms with Gasteiger partial charge in [0.25, 0.3) is 5.91 Å². The van der Waals surface area contributed by atoms with Gasteiger partial charge in [-0.05, 0) is 43.2 Å². The Hall–Kier alpha value is -1.96. The number of aryl methyl sites for hydroxylation is 1. The number of pyridine rings is 1. The third-order valence-electron chi connectivity index (χ3n) is 4.36. The van der Waals surface area contributed by atoms with Crippen LogP contribution in [0.15, 0.2) is 35.5 Å². The first-order valence-electron chi connectivity index (χ1n) is 8.31. The lowest BCUT2D eigenvalue weighted by molar-refractivity contribution is -0.122. The predicted molar refractivity (Wildman–Crippen MR) is 109 cm³/mol. The number of carbonyl (C=O) groups excluding carboxylic acids is 1. The molecule has 0 aromatic carbocycles. The normalized spacial score (nSPS) is 16.1. The maximum absolute atomic E-state index is 12.8. The minimum Gasteiger partial charge on any atom is -0.383 e. The maximum Gasteiger partial charge on any atom is 0.266 e. The zero-order valence-corrected chi connectivity index (χ0v) is 16.7. The summed E-state index contributed by atoms with van der Waals surface area (Å²) in [4.78, 5) is 19.2. The van der Waals surface area contributed by atoms with Crippen LogP contribution in [-0.4, -0.2) is 38.4 Å². The second-order valence-electron chi connectivity index (χ2n) is 6.10. The van der Waals surface area contributed by atoms with Gasteiger partial charge in [0.1, 0.15) is 4.32 Å². The molecule has 0 saturated carbocycles. The van der Waals surface area contributed by atoms with Crippen molar-refractivity contribution in [2.75, 3.05) is 13.7 Å². The van der Waals surface area contributed by atoms with Crippen LogP contribution in [0.25, 0.3) is 6.08 Å². The van der Waals surface area contributed by atoms with Gasteiger partial charge in [0.05, 0.1) is 18.1 Å². The van der Waals surface area contributed by atoms with E-state index in [0.29, 0.717) is 22.4 Å². The lowest BCUT2D eigenvalue weighted by atomic mass is 10.2. The van der Waals surface area contributed by atoms with Gasteiger partial charge in [-0.25, -0.2) is 0 Å². The van der Waals surface area contributed by atoms with Crippen molar-refractivity contribution in [3.8, 4) is 0 Å². The van der Waals surface area contributed by atoms with Crippen LogP contribution in [0.4, 0.5) is 0 Å². The minimum atomic E-state index is -0.0504. The molecule has 3 rings (SSSR count). The van der Waals surface area contributed by atoms with Crippen molar-refractivity contribution >= 4 is 40.3 Å². The molecule has 0 aliphatic carbocycles. The summed E-state index contributed by atoms with van der Waals surface area (Å²) in [6.45, 7) is 6.02. The highest BCUT2D eigenvalue weighted by Crippen LogP contribution is 2.34. The molecule has 0 spiro atoms. The largest absolute Gasteiger partial charge is 0.383 e. The van der Waals surface area contributed by atoms with Gasteiger partial charge in [0.2, 0.25) is 0 Å². The van der Waals surface area contributed by atoms with E-state index >= 15 is 0 Å². The highest BCUT2D eigenvalue weighted by Gasteiger charge is 2.32. The number of nitrogens with zero attached hydrogens (tertiary/aromatic N) is 3. The fourth-order valence-electron chi connectivity index (χ4n) is 2.95. The van der Waals surface area contributed by atoms with Crippen molar-refractivity contribution in [2.24, 2.45) is 0 Å². The topological polar surface area (TPSA) is 47.4 Å². The van der Waals surface area contributed by atoms with Gasteiger partial charge in [-0.3, -0.25) is 14.7 Å². The fraction of sp³-hybridized carbons (Fsp3) is 0.316. The van der Waals surface area contributed by atoms with Gasteiger partial charge in [0.15, 0.2) is 0 Å². The van der Waals surface area contributed by atoms with E-state index in [-0.39, 0.29) is 5.91 Å². The van der Waals surface area contributed by atoms with Crippen LogP contribution in [0.2, 0.25) is 0 Å². The first-order chi connectivity index (χ1) is 12.5. The second kappa shape index (κ2) is 8.16. The van der Waals surface area contributed by atoms with E-state index in [1.807, 2.05) is 18.2 Å². The summed E-state index contributed by atoms with van der Waals surface area (Å²) in [7, 11) is 1.70. The maximum atomic E-state index is 12.8.